The maximum atomic E-state index is 12.5. The topological polar surface area (TPSA) is 29.5 Å². The van der Waals surface area contributed by atoms with Crippen LogP contribution in [0.1, 0.15) is 24.0 Å². The number of carbonyl (C=O) groups excluding carboxylic acids is 1. The molecule has 1 aromatic carbocycles. The first-order chi connectivity index (χ1) is 9.02. The molecule has 0 aliphatic carbocycles. The van der Waals surface area contributed by atoms with Gasteiger partial charge >= 0.3 is 6.43 Å². The molecule has 0 spiro atoms. The second kappa shape index (κ2) is 5.55. The van der Waals surface area contributed by atoms with Crippen molar-refractivity contribution in [2.75, 3.05) is 20.2 Å². The van der Waals surface area contributed by atoms with E-state index in [9.17, 15) is 13.6 Å². The third kappa shape index (κ3) is 2.85. The molecule has 1 unspecified atom stereocenters. The Labute approximate surface area is 111 Å². The number of halogens is 2. The number of methoxy groups -OCH3 is 1. The lowest BCUT2D eigenvalue weighted by molar-refractivity contribution is -0.142. The molecule has 1 heterocycles. The van der Waals surface area contributed by atoms with Crippen LogP contribution in [0, 0.1) is 0 Å². The van der Waals surface area contributed by atoms with Crippen LogP contribution >= 0.6 is 0 Å². The molecule has 0 aromatic heterocycles. The van der Waals surface area contributed by atoms with Crippen LogP contribution in [0.3, 0.4) is 0 Å². The van der Waals surface area contributed by atoms with E-state index in [-0.39, 0.29) is 5.92 Å². The van der Waals surface area contributed by atoms with E-state index < -0.39 is 12.3 Å². The van der Waals surface area contributed by atoms with Crippen LogP contribution in [0.5, 0.6) is 5.75 Å². The largest absolute Gasteiger partial charge is 0.497 e. The molecular weight excluding hydrogens is 252 g/mol. The SMILES string of the molecule is COc1ccc2c(c1)C(C)CN(C(=O)C(F)F)CC2. The summed E-state index contributed by atoms with van der Waals surface area (Å²) in [5.74, 6) is -0.304. The predicted octanol–water partition coefficient (Wildman–Crippen LogP) is 2.45. The van der Waals surface area contributed by atoms with Gasteiger partial charge in [-0.15, -0.1) is 0 Å². The first-order valence-corrected chi connectivity index (χ1v) is 6.26. The van der Waals surface area contributed by atoms with Gasteiger partial charge in [-0.05, 0) is 35.6 Å². The van der Waals surface area contributed by atoms with Crippen molar-refractivity contribution in [1.82, 2.24) is 4.90 Å². The molecule has 104 valence electrons. The highest BCUT2D eigenvalue weighted by molar-refractivity contribution is 5.79. The van der Waals surface area contributed by atoms with Crippen LogP contribution in [0.15, 0.2) is 18.2 Å². The summed E-state index contributed by atoms with van der Waals surface area (Å²) >= 11 is 0. The number of amides is 1. The Bertz CT molecular complexity index is 477. The molecular formula is C14H17F2NO2. The molecule has 1 atom stereocenters. The summed E-state index contributed by atoms with van der Waals surface area (Å²) in [6.07, 6.45) is -2.33. The van der Waals surface area contributed by atoms with Gasteiger partial charge in [0.1, 0.15) is 5.75 Å². The van der Waals surface area contributed by atoms with E-state index >= 15 is 0 Å². The van der Waals surface area contributed by atoms with Crippen LogP contribution in [0.4, 0.5) is 8.78 Å². The van der Waals surface area contributed by atoms with Crippen molar-refractivity contribution in [3.63, 3.8) is 0 Å². The molecule has 5 heteroatoms. The number of rotatable bonds is 2. The van der Waals surface area contributed by atoms with Gasteiger partial charge in [0.15, 0.2) is 0 Å². The Morgan fingerprint density at radius 3 is 2.84 bits per heavy atom. The normalized spacial score (nSPS) is 19.0. The fraction of sp³-hybridized carbons (Fsp3) is 0.500. The monoisotopic (exact) mass is 269 g/mol. The molecule has 3 nitrogen and oxygen atoms in total. The second-order valence-electron chi connectivity index (χ2n) is 4.80. The van der Waals surface area contributed by atoms with E-state index in [0.29, 0.717) is 19.5 Å². The molecule has 1 aliphatic heterocycles. The van der Waals surface area contributed by atoms with E-state index in [1.807, 2.05) is 25.1 Å². The molecule has 0 saturated carbocycles. The average molecular weight is 269 g/mol. The Morgan fingerprint density at radius 1 is 1.47 bits per heavy atom. The number of hydrogen-bond acceptors (Lipinski definition) is 2. The summed E-state index contributed by atoms with van der Waals surface area (Å²) in [5, 5.41) is 0. The number of fused-ring (bicyclic) bond motifs is 1. The molecule has 2 rings (SSSR count). The van der Waals surface area contributed by atoms with E-state index in [1.165, 1.54) is 4.90 Å². The summed E-state index contributed by atoms with van der Waals surface area (Å²) in [5.41, 5.74) is 2.17. The van der Waals surface area contributed by atoms with Gasteiger partial charge < -0.3 is 9.64 Å². The zero-order chi connectivity index (χ0) is 14.0. The zero-order valence-electron chi connectivity index (χ0n) is 11.0. The smallest absolute Gasteiger partial charge is 0.315 e. The molecule has 1 aliphatic rings. The van der Waals surface area contributed by atoms with E-state index in [2.05, 4.69) is 0 Å². The summed E-state index contributed by atoms with van der Waals surface area (Å²) in [4.78, 5) is 12.7. The molecule has 0 radical (unpaired) electrons. The van der Waals surface area contributed by atoms with Crippen LogP contribution < -0.4 is 4.74 Å². The number of benzene rings is 1. The van der Waals surface area contributed by atoms with Gasteiger partial charge in [0.25, 0.3) is 5.91 Å². The molecule has 1 amide bonds. The van der Waals surface area contributed by atoms with Gasteiger partial charge in [-0.2, -0.15) is 8.78 Å². The van der Waals surface area contributed by atoms with Gasteiger partial charge in [-0.25, -0.2) is 0 Å². The van der Waals surface area contributed by atoms with Gasteiger partial charge in [0.05, 0.1) is 7.11 Å². The molecule has 0 bridgehead atoms. The maximum Gasteiger partial charge on any atom is 0.315 e. The van der Waals surface area contributed by atoms with Crippen LogP contribution in [0.2, 0.25) is 0 Å². The first-order valence-electron chi connectivity index (χ1n) is 6.26. The lowest BCUT2D eigenvalue weighted by Crippen LogP contribution is -2.38. The second-order valence-corrected chi connectivity index (χ2v) is 4.80. The standard InChI is InChI=1S/C14H17F2NO2/c1-9-8-17(14(18)13(15)16)6-5-10-3-4-11(19-2)7-12(9)10/h3-4,7,9,13H,5-6,8H2,1-2H3. The van der Waals surface area contributed by atoms with Gasteiger partial charge in [0.2, 0.25) is 0 Å². The molecule has 0 N–H and O–H groups in total. The number of carbonyl (C=O) groups is 1. The number of nitrogens with zero attached hydrogens (tertiary/aromatic N) is 1. The highest BCUT2D eigenvalue weighted by Crippen LogP contribution is 2.29. The maximum absolute atomic E-state index is 12.5. The summed E-state index contributed by atoms with van der Waals surface area (Å²) in [6.45, 7) is 2.60. The van der Waals surface area contributed by atoms with E-state index in [0.717, 1.165) is 16.9 Å². The third-order valence-corrected chi connectivity index (χ3v) is 3.53. The van der Waals surface area contributed by atoms with E-state index in [1.54, 1.807) is 7.11 Å². The fourth-order valence-electron chi connectivity index (χ4n) is 2.50. The van der Waals surface area contributed by atoms with Crippen molar-refractivity contribution in [2.45, 2.75) is 25.7 Å². The first kappa shape index (κ1) is 13.8. The highest BCUT2D eigenvalue weighted by atomic mass is 19.3. The summed E-state index contributed by atoms with van der Waals surface area (Å²) in [6, 6.07) is 5.73. The fourth-order valence-corrected chi connectivity index (χ4v) is 2.50. The van der Waals surface area contributed by atoms with Gasteiger partial charge in [-0.1, -0.05) is 13.0 Å². The van der Waals surface area contributed by atoms with Gasteiger partial charge in [-0.3, -0.25) is 4.79 Å². The van der Waals surface area contributed by atoms with Crippen molar-refractivity contribution in [1.29, 1.82) is 0 Å². The Hall–Kier alpha value is -1.65. The lowest BCUT2D eigenvalue weighted by atomic mass is 9.95. The van der Waals surface area contributed by atoms with Crippen LogP contribution in [-0.4, -0.2) is 37.4 Å². The molecule has 1 aromatic rings. The Kier molecular flexibility index (Phi) is 4.02. The lowest BCUT2D eigenvalue weighted by Gasteiger charge is -2.22. The molecule has 19 heavy (non-hydrogen) atoms. The minimum atomic E-state index is -2.93. The Balaban J connectivity index is 2.24. The molecule has 0 fully saturated rings. The predicted molar refractivity (Wildman–Crippen MR) is 67.7 cm³/mol. The summed E-state index contributed by atoms with van der Waals surface area (Å²) in [7, 11) is 1.59. The molecule has 0 saturated heterocycles. The van der Waals surface area contributed by atoms with Crippen molar-refractivity contribution < 1.29 is 18.3 Å². The van der Waals surface area contributed by atoms with Crippen molar-refractivity contribution in [3.05, 3.63) is 29.3 Å². The van der Waals surface area contributed by atoms with E-state index in [4.69, 9.17) is 4.74 Å². The Morgan fingerprint density at radius 2 is 2.21 bits per heavy atom. The van der Waals surface area contributed by atoms with Crippen molar-refractivity contribution >= 4 is 5.91 Å². The minimum Gasteiger partial charge on any atom is -0.497 e. The van der Waals surface area contributed by atoms with Crippen LogP contribution in [0.25, 0.3) is 0 Å². The quantitative estimate of drug-likeness (QED) is 0.825. The third-order valence-electron chi connectivity index (χ3n) is 3.53. The number of hydrogen-bond donors (Lipinski definition) is 0. The van der Waals surface area contributed by atoms with Crippen molar-refractivity contribution in [2.24, 2.45) is 0 Å². The zero-order valence-corrected chi connectivity index (χ0v) is 11.0. The minimum absolute atomic E-state index is 0.0234. The summed E-state index contributed by atoms with van der Waals surface area (Å²) < 4.78 is 30.2. The van der Waals surface area contributed by atoms with Crippen molar-refractivity contribution in [3.8, 4) is 5.75 Å². The number of alkyl halides is 2. The van der Waals surface area contributed by atoms with Crippen LogP contribution in [-0.2, 0) is 11.2 Å². The average Bonchev–Trinajstić information content (AvgIpc) is 2.57. The number of ether oxygens (including phenoxy) is 1. The highest BCUT2D eigenvalue weighted by Gasteiger charge is 2.28. The van der Waals surface area contributed by atoms with Gasteiger partial charge in [0, 0.05) is 13.1 Å².